The molecule has 0 saturated carbocycles. The third kappa shape index (κ3) is 5.03. The first kappa shape index (κ1) is 21.0. The van der Waals surface area contributed by atoms with Gasteiger partial charge in [0.1, 0.15) is 5.60 Å². The zero-order chi connectivity index (χ0) is 21.0. The van der Waals surface area contributed by atoms with Crippen molar-refractivity contribution in [2.75, 3.05) is 19.1 Å². The second kappa shape index (κ2) is 8.76. The first-order valence-corrected chi connectivity index (χ1v) is 10.1. The predicted octanol–water partition coefficient (Wildman–Crippen LogP) is 5.39. The molecule has 1 atom stereocenters. The smallest absolute Gasteiger partial charge is 0.415 e. The number of carbonyl (C=O) groups excluding carboxylic acids is 1. The molecule has 29 heavy (non-hydrogen) atoms. The zero-order valence-electron chi connectivity index (χ0n) is 18.0. The number of hydrogen-bond acceptors (Lipinski definition) is 4. The number of ether oxygens (including phenoxy) is 3. The fourth-order valence-corrected chi connectivity index (χ4v) is 3.81. The number of hydrogen-bond donors (Lipinski definition) is 0. The number of methoxy groups -OCH3 is 2. The Morgan fingerprint density at radius 2 is 1.79 bits per heavy atom. The van der Waals surface area contributed by atoms with Crippen LogP contribution in [-0.2, 0) is 17.6 Å². The van der Waals surface area contributed by atoms with Crippen LogP contribution in [0.1, 0.15) is 44.7 Å². The fraction of sp³-hybridized carbons (Fsp3) is 0.458. The maximum absolute atomic E-state index is 13.0. The molecular weight excluding hydrogens is 366 g/mol. The van der Waals surface area contributed by atoms with Crippen LogP contribution < -0.4 is 14.4 Å². The summed E-state index contributed by atoms with van der Waals surface area (Å²) in [4.78, 5) is 14.9. The van der Waals surface area contributed by atoms with Crippen molar-refractivity contribution in [3.8, 4) is 11.5 Å². The molecule has 0 fully saturated rings. The number of anilines is 1. The van der Waals surface area contributed by atoms with Gasteiger partial charge in [0.2, 0.25) is 0 Å². The summed E-state index contributed by atoms with van der Waals surface area (Å²) in [7, 11) is 3.28. The first-order valence-electron chi connectivity index (χ1n) is 10.1. The number of amides is 1. The molecule has 0 spiro atoms. The predicted molar refractivity (Wildman–Crippen MR) is 115 cm³/mol. The third-order valence-electron chi connectivity index (χ3n) is 5.17. The molecule has 1 aliphatic rings. The summed E-state index contributed by atoms with van der Waals surface area (Å²) in [6, 6.07) is 14.2. The van der Waals surface area contributed by atoms with Gasteiger partial charge < -0.3 is 14.2 Å². The highest BCUT2D eigenvalue weighted by atomic mass is 16.6. The molecule has 5 nitrogen and oxygen atoms in total. The molecular formula is C24H31NO4. The van der Waals surface area contributed by atoms with Crippen LogP contribution in [0.4, 0.5) is 10.5 Å². The molecule has 0 unspecified atom stereocenters. The maximum Gasteiger partial charge on any atom is 0.415 e. The van der Waals surface area contributed by atoms with E-state index in [-0.39, 0.29) is 12.1 Å². The van der Waals surface area contributed by atoms with E-state index >= 15 is 0 Å². The number of aryl methyl sites for hydroxylation is 2. The van der Waals surface area contributed by atoms with E-state index in [1.165, 1.54) is 5.56 Å². The second-order valence-corrected chi connectivity index (χ2v) is 8.40. The van der Waals surface area contributed by atoms with Crippen LogP contribution in [0.25, 0.3) is 0 Å². The molecule has 0 aliphatic carbocycles. The van der Waals surface area contributed by atoms with E-state index in [4.69, 9.17) is 14.2 Å². The van der Waals surface area contributed by atoms with Crippen molar-refractivity contribution in [2.45, 2.75) is 58.1 Å². The Morgan fingerprint density at radius 3 is 2.48 bits per heavy atom. The van der Waals surface area contributed by atoms with Gasteiger partial charge >= 0.3 is 6.09 Å². The number of carbonyl (C=O) groups is 1. The van der Waals surface area contributed by atoms with Gasteiger partial charge in [-0.1, -0.05) is 24.3 Å². The highest BCUT2D eigenvalue weighted by Gasteiger charge is 2.33. The lowest BCUT2D eigenvalue weighted by Crippen LogP contribution is -2.46. The van der Waals surface area contributed by atoms with Crippen LogP contribution in [0.15, 0.2) is 42.5 Å². The highest BCUT2D eigenvalue weighted by Crippen LogP contribution is 2.34. The molecule has 0 N–H and O–H groups in total. The summed E-state index contributed by atoms with van der Waals surface area (Å²) in [5, 5.41) is 0. The van der Waals surface area contributed by atoms with Gasteiger partial charge in [-0.05, 0) is 75.8 Å². The van der Waals surface area contributed by atoms with E-state index in [9.17, 15) is 4.79 Å². The highest BCUT2D eigenvalue weighted by molar-refractivity contribution is 5.90. The number of nitrogens with zero attached hydrogens (tertiary/aromatic N) is 1. The molecule has 2 aromatic rings. The van der Waals surface area contributed by atoms with Gasteiger partial charge in [0.05, 0.1) is 19.9 Å². The molecule has 0 saturated heterocycles. The Morgan fingerprint density at radius 1 is 1.07 bits per heavy atom. The van der Waals surface area contributed by atoms with Crippen molar-refractivity contribution >= 4 is 11.8 Å². The molecule has 1 aliphatic heterocycles. The monoisotopic (exact) mass is 397 g/mol. The van der Waals surface area contributed by atoms with E-state index in [0.29, 0.717) is 0 Å². The quantitative estimate of drug-likeness (QED) is 0.678. The van der Waals surface area contributed by atoms with Gasteiger partial charge in [0.15, 0.2) is 11.5 Å². The Hall–Kier alpha value is -2.69. The molecule has 3 rings (SSSR count). The van der Waals surface area contributed by atoms with E-state index in [0.717, 1.165) is 48.4 Å². The molecule has 2 aromatic carbocycles. The van der Waals surface area contributed by atoms with E-state index in [1.54, 1.807) is 14.2 Å². The molecule has 1 amide bonds. The van der Waals surface area contributed by atoms with Crippen molar-refractivity contribution in [3.63, 3.8) is 0 Å². The SMILES string of the molecule is COc1ccc(CC[C@H]2CCc3ccccc3N2C(=O)OC(C)(C)C)cc1OC. The van der Waals surface area contributed by atoms with Gasteiger partial charge in [-0.25, -0.2) is 4.79 Å². The summed E-state index contributed by atoms with van der Waals surface area (Å²) in [5.41, 5.74) is 2.79. The molecule has 0 radical (unpaired) electrons. The van der Waals surface area contributed by atoms with E-state index < -0.39 is 5.60 Å². The van der Waals surface area contributed by atoms with Gasteiger partial charge in [-0.15, -0.1) is 0 Å². The van der Waals surface area contributed by atoms with Gasteiger partial charge in [0, 0.05) is 6.04 Å². The summed E-state index contributed by atoms with van der Waals surface area (Å²) >= 11 is 0. The molecule has 0 bridgehead atoms. The fourth-order valence-electron chi connectivity index (χ4n) is 3.81. The Bertz CT molecular complexity index is 856. The van der Waals surface area contributed by atoms with Crippen LogP contribution in [0, 0.1) is 0 Å². The average Bonchev–Trinajstić information content (AvgIpc) is 2.70. The zero-order valence-corrected chi connectivity index (χ0v) is 18.0. The number of fused-ring (bicyclic) bond motifs is 1. The van der Waals surface area contributed by atoms with Gasteiger partial charge in [-0.2, -0.15) is 0 Å². The van der Waals surface area contributed by atoms with Crippen LogP contribution in [0.2, 0.25) is 0 Å². The van der Waals surface area contributed by atoms with Crippen LogP contribution in [0.5, 0.6) is 11.5 Å². The number of para-hydroxylation sites is 1. The summed E-state index contributed by atoms with van der Waals surface area (Å²) in [6.07, 6.45) is 3.30. The van der Waals surface area contributed by atoms with Crippen molar-refractivity contribution in [1.29, 1.82) is 0 Å². The largest absolute Gasteiger partial charge is 0.493 e. The van der Waals surface area contributed by atoms with Crippen LogP contribution >= 0.6 is 0 Å². The summed E-state index contributed by atoms with van der Waals surface area (Å²) in [5.74, 6) is 1.45. The molecule has 5 heteroatoms. The number of benzene rings is 2. The second-order valence-electron chi connectivity index (χ2n) is 8.40. The molecule has 156 valence electrons. The molecule has 0 aromatic heterocycles. The Balaban J connectivity index is 1.81. The lowest BCUT2D eigenvalue weighted by atomic mass is 9.92. The van der Waals surface area contributed by atoms with Crippen molar-refractivity contribution < 1.29 is 19.0 Å². The van der Waals surface area contributed by atoms with Crippen LogP contribution in [0.3, 0.4) is 0 Å². The normalized spacial score (nSPS) is 16.2. The standard InChI is InChI=1S/C24H31NO4/c1-24(2,3)29-23(26)25-19(14-12-18-8-6-7-9-20(18)25)13-10-17-11-15-21(27-4)22(16-17)28-5/h6-9,11,15-16,19H,10,12-14H2,1-5H3/t19-/m0/s1. The van der Waals surface area contributed by atoms with Crippen LogP contribution in [-0.4, -0.2) is 32.0 Å². The Labute approximate surface area is 173 Å². The van der Waals surface area contributed by atoms with Gasteiger partial charge in [-0.3, -0.25) is 4.90 Å². The molecule has 1 heterocycles. The van der Waals surface area contributed by atoms with Gasteiger partial charge in [0.25, 0.3) is 0 Å². The minimum atomic E-state index is -0.530. The topological polar surface area (TPSA) is 48.0 Å². The summed E-state index contributed by atoms with van der Waals surface area (Å²) < 4.78 is 16.5. The minimum Gasteiger partial charge on any atom is -0.493 e. The van der Waals surface area contributed by atoms with E-state index in [2.05, 4.69) is 12.1 Å². The van der Waals surface area contributed by atoms with Crippen molar-refractivity contribution in [3.05, 3.63) is 53.6 Å². The third-order valence-corrected chi connectivity index (χ3v) is 5.17. The van der Waals surface area contributed by atoms with Crippen molar-refractivity contribution in [1.82, 2.24) is 0 Å². The minimum absolute atomic E-state index is 0.0906. The van der Waals surface area contributed by atoms with E-state index in [1.807, 2.05) is 56.0 Å². The summed E-state index contributed by atoms with van der Waals surface area (Å²) in [6.45, 7) is 5.71. The first-order chi connectivity index (χ1) is 13.8. The average molecular weight is 398 g/mol. The van der Waals surface area contributed by atoms with Crippen molar-refractivity contribution in [2.24, 2.45) is 0 Å². The number of rotatable bonds is 5. The Kier molecular flexibility index (Phi) is 6.36. The lowest BCUT2D eigenvalue weighted by molar-refractivity contribution is 0.0558. The lowest BCUT2D eigenvalue weighted by Gasteiger charge is -2.38. The maximum atomic E-state index is 13.0.